The highest BCUT2D eigenvalue weighted by molar-refractivity contribution is 7.00. The van der Waals surface area contributed by atoms with Crippen molar-refractivity contribution in [2.24, 2.45) is 0 Å². The second-order valence-corrected chi connectivity index (χ2v) is 28.2. The van der Waals surface area contributed by atoms with Gasteiger partial charge in [-0.15, -0.1) is 0 Å². The van der Waals surface area contributed by atoms with E-state index in [2.05, 4.69) is 314 Å². The normalized spacial score (nSPS) is 19.2. The molecule has 420 valence electrons. The van der Waals surface area contributed by atoms with Crippen LogP contribution in [0.4, 0.5) is 45.5 Å². The highest BCUT2D eigenvalue weighted by Crippen LogP contribution is 2.65. The number of benzene rings is 11. The van der Waals surface area contributed by atoms with Crippen molar-refractivity contribution < 1.29 is 0 Å². The van der Waals surface area contributed by atoms with Crippen molar-refractivity contribution >= 4 is 79.4 Å². The molecule has 4 heteroatoms. The van der Waals surface area contributed by atoms with Crippen LogP contribution in [0, 0.1) is 0 Å². The number of hydrogen-bond acceptors (Lipinski definition) is 3. The molecule has 0 fully saturated rings. The summed E-state index contributed by atoms with van der Waals surface area (Å²) in [5.74, 6) is 0. The molecule has 0 bridgehead atoms. The third-order valence-corrected chi connectivity index (χ3v) is 21.5. The second kappa shape index (κ2) is 18.8. The Hall–Kier alpha value is -8.86. The van der Waals surface area contributed by atoms with Crippen molar-refractivity contribution in [1.29, 1.82) is 0 Å². The molecule has 0 saturated heterocycles. The minimum Gasteiger partial charge on any atom is -0.330 e. The van der Waals surface area contributed by atoms with Crippen LogP contribution in [-0.2, 0) is 33.6 Å². The van der Waals surface area contributed by atoms with Crippen LogP contribution in [0.15, 0.2) is 237 Å². The summed E-state index contributed by atoms with van der Waals surface area (Å²) < 4.78 is 0. The molecule has 86 heavy (non-hydrogen) atoms. The van der Waals surface area contributed by atoms with Gasteiger partial charge in [-0.1, -0.05) is 231 Å². The molecule has 16 rings (SSSR count). The standard InChI is InChI=1S/C82H74BN3/c1-78(2,3)61-36-40-71(64(48-61)56-28-17-12-18-29-56)85-74-52-67-66(79(4,5)43-44-80(67,6)7)51-70(74)83-69-38-34-60(54-25-15-11-16-26-54)47-73(69)84(62-37-33-55-27-19-20-31-58(55)45-62)75-49-63(50-76(85)77(75)83)86-72-39-35-59(53-23-13-10-14-24-53)46-68(72)81(8)42-41-57-30-21-22-32-65(57)82(81,86)9/h10-40,45-52H,41-44H2,1-9H3. The molecule has 2 aliphatic carbocycles. The quantitative estimate of drug-likeness (QED) is 0.154. The van der Waals surface area contributed by atoms with Gasteiger partial charge in [-0.25, -0.2) is 0 Å². The summed E-state index contributed by atoms with van der Waals surface area (Å²) in [7, 11) is 0. The summed E-state index contributed by atoms with van der Waals surface area (Å²) in [4.78, 5) is 8.21. The molecule has 0 N–H and O–H groups in total. The minimum absolute atomic E-state index is 0.0189. The Balaban J connectivity index is 1.07. The topological polar surface area (TPSA) is 9.72 Å². The summed E-state index contributed by atoms with van der Waals surface area (Å²) >= 11 is 0. The third kappa shape index (κ3) is 7.73. The van der Waals surface area contributed by atoms with E-state index in [4.69, 9.17) is 0 Å². The van der Waals surface area contributed by atoms with Gasteiger partial charge in [0.2, 0.25) is 0 Å². The smallest absolute Gasteiger partial charge is 0.252 e. The van der Waals surface area contributed by atoms with Crippen molar-refractivity contribution in [2.45, 2.75) is 115 Å². The Bertz CT molecular complexity index is 4570. The Morgan fingerprint density at radius 3 is 1.65 bits per heavy atom. The van der Waals surface area contributed by atoms with E-state index in [0.717, 1.165) is 31.4 Å². The summed E-state index contributed by atoms with van der Waals surface area (Å²) in [6, 6.07) is 91.5. The number of fused-ring (bicyclic) bond motifs is 11. The minimum atomic E-state index is -0.476. The summed E-state index contributed by atoms with van der Waals surface area (Å²) in [6.07, 6.45) is 4.31. The Kier molecular flexibility index (Phi) is 11.5. The molecule has 3 nitrogen and oxygen atoms in total. The van der Waals surface area contributed by atoms with Crippen LogP contribution in [0.3, 0.4) is 0 Å². The molecular formula is C82H74BN3. The molecule has 0 saturated carbocycles. The van der Waals surface area contributed by atoms with Crippen molar-refractivity contribution in [3.8, 4) is 33.4 Å². The highest BCUT2D eigenvalue weighted by atomic mass is 15.3. The first-order valence-corrected chi connectivity index (χ1v) is 31.4. The number of aryl methyl sites for hydroxylation is 1. The Morgan fingerprint density at radius 2 is 0.953 bits per heavy atom. The van der Waals surface area contributed by atoms with E-state index in [9.17, 15) is 0 Å². The predicted octanol–water partition coefficient (Wildman–Crippen LogP) is 19.8. The van der Waals surface area contributed by atoms with Gasteiger partial charge in [0.25, 0.3) is 6.71 Å². The van der Waals surface area contributed by atoms with Crippen molar-refractivity contribution in [2.75, 3.05) is 14.7 Å². The monoisotopic (exact) mass is 1110 g/mol. The van der Waals surface area contributed by atoms with Crippen molar-refractivity contribution in [3.05, 3.63) is 270 Å². The maximum absolute atomic E-state index is 2.81. The molecule has 0 radical (unpaired) electrons. The lowest BCUT2D eigenvalue weighted by atomic mass is 9.33. The number of rotatable bonds is 6. The lowest BCUT2D eigenvalue weighted by Crippen LogP contribution is -2.62. The number of anilines is 8. The highest BCUT2D eigenvalue weighted by Gasteiger charge is 2.60. The van der Waals surface area contributed by atoms with Crippen LogP contribution in [0.1, 0.15) is 115 Å². The maximum Gasteiger partial charge on any atom is 0.252 e. The number of hydrogen-bond donors (Lipinski definition) is 0. The molecule has 0 aromatic heterocycles. The molecular weight excluding hydrogens is 1040 g/mol. The van der Waals surface area contributed by atoms with Gasteiger partial charge in [0.1, 0.15) is 0 Å². The van der Waals surface area contributed by atoms with Crippen LogP contribution >= 0.6 is 0 Å². The molecule has 11 aromatic rings. The van der Waals surface area contributed by atoms with Crippen molar-refractivity contribution in [3.63, 3.8) is 0 Å². The van der Waals surface area contributed by atoms with E-state index in [1.165, 1.54) is 134 Å². The van der Waals surface area contributed by atoms with Gasteiger partial charge >= 0.3 is 0 Å². The molecule has 2 unspecified atom stereocenters. The van der Waals surface area contributed by atoms with Gasteiger partial charge in [-0.2, -0.15) is 0 Å². The maximum atomic E-state index is 2.81. The van der Waals surface area contributed by atoms with Crippen LogP contribution in [-0.4, -0.2) is 6.71 Å². The summed E-state index contributed by atoms with van der Waals surface area (Å²) in [6.45, 7) is 22.1. The van der Waals surface area contributed by atoms with Crippen LogP contribution in [0.25, 0.3) is 44.2 Å². The average molecular weight is 1110 g/mol. The second-order valence-electron chi connectivity index (χ2n) is 28.2. The van der Waals surface area contributed by atoms with Gasteiger partial charge in [-0.05, 0) is 198 Å². The fourth-order valence-corrected chi connectivity index (χ4v) is 16.4. The number of nitrogens with zero attached hydrogens (tertiary/aromatic N) is 3. The fraction of sp³-hybridized carbons (Fsp3) is 0.220. The average Bonchev–Trinajstić information content (AvgIpc) is 1.34. The molecule has 3 aliphatic heterocycles. The van der Waals surface area contributed by atoms with E-state index < -0.39 is 5.54 Å². The fourth-order valence-electron chi connectivity index (χ4n) is 16.4. The molecule has 11 aromatic carbocycles. The molecule has 0 spiro atoms. The SMILES string of the molecule is CC(C)(C)c1ccc(N2c3cc4c(cc3B3c5ccc(-c6ccccc6)cc5N(c5ccc6ccccc6c5)c5cc(N6c7ccc(-c8ccccc8)cc7C7(C)CCc8ccccc8C67C)cc2c53)C(C)(C)CCC4(C)C)c(-c2ccccc2)c1. The van der Waals surface area contributed by atoms with Gasteiger partial charge < -0.3 is 14.7 Å². The Morgan fingerprint density at radius 1 is 0.372 bits per heavy atom. The lowest BCUT2D eigenvalue weighted by Gasteiger charge is -2.52. The van der Waals surface area contributed by atoms with Crippen LogP contribution in [0.5, 0.6) is 0 Å². The molecule has 0 amide bonds. The first-order chi connectivity index (χ1) is 41.5. The van der Waals surface area contributed by atoms with Crippen LogP contribution in [0.2, 0.25) is 0 Å². The van der Waals surface area contributed by atoms with E-state index in [1.807, 2.05) is 0 Å². The van der Waals surface area contributed by atoms with Gasteiger partial charge in [0.05, 0.1) is 11.2 Å². The first kappa shape index (κ1) is 52.7. The van der Waals surface area contributed by atoms with E-state index in [1.54, 1.807) is 0 Å². The largest absolute Gasteiger partial charge is 0.330 e. The summed E-state index contributed by atoms with van der Waals surface area (Å²) in [5, 5.41) is 2.45. The van der Waals surface area contributed by atoms with E-state index >= 15 is 0 Å². The third-order valence-electron chi connectivity index (χ3n) is 21.5. The zero-order chi connectivity index (χ0) is 58.6. The van der Waals surface area contributed by atoms with Gasteiger partial charge in [0, 0.05) is 50.8 Å². The Labute approximate surface area is 509 Å². The van der Waals surface area contributed by atoms with Crippen molar-refractivity contribution in [1.82, 2.24) is 0 Å². The van der Waals surface area contributed by atoms with Gasteiger partial charge in [-0.3, -0.25) is 0 Å². The predicted molar refractivity (Wildman–Crippen MR) is 366 cm³/mol. The zero-order valence-corrected chi connectivity index (χ0v) is 51.3. The summed E-state index contributed by atoms with van der Waals surface area (Å²) in [5.41, 5.74) is 28.7. The molecule has 2 atom stereocenters. The van der Waals surface area contributed by atoms with E-state index in [0.29, 0.717) is 0 Å². The van der Waals surface area contributed by atoms with E-state index in [-0.39, 0.29) is 28.4 Å². The lowest BCUT2D eigenvalue weighted by molar-refractivity contribution is 0.245. The zero-order valence-electron chi connectivity index (χ0n) is 51.3. The van der Waals surface area contributed by atoms with Gasteiger partial charge in [0.15, 0.2) is 0 Å². The molecule has 5 aliphatic rings. The van der Waals surface area contributed by atoms with Crippen LogP contribution < -0.4 is 31.1 Å². The first-order valence-electron chi connectivity index (χ1n) is 31.4. The molecule has 3 heterocycles.